The summed E-state index contributed by atoms with van der Waals surface area (Å²) in [5.41, 5.74) is 0. The van der Waals surface area contributed by atoms with Crippen molar-refractivity contribution in [2.45, 2.75) is 47.0 Å². The van der Waals surface area contributed by atoms with Crippen molar-refractivity contribution in [2.24, 2.45) is 0 Å². The van der Waals surface area contributed by atoms with E-state index in [1.54, 1.807) is 0 Å². The summed E-state index contributed by atoms with van der Waals surface area (Å²) in [4.78, 5) is 25.5. The van der Waals surface area contributed by atoms with Crippen LogP contribution in [0.2, 0.25) is 0 Å². The topological polar surface area (TPSA) is 52.7 Å². The van der Waals surface area contributed by atoms with Crippen molar-refractivity contribution in [3.05, 3.63) is 0 Å². The lowest BCUT2D eigenvalue weighted by Crippen LogP contribution is -2.40. The summed E-state index contributed by atoms with van der Waals surface area (Å²) < 4.78 is 0. The van der Waals surface area contributed by atoms with Crippen molar-refractivity contribution in [1.29, 1.82) is 0 Å². The summed E-state index contributed by atoms with van der Waals surface area (Å²) in [5, 5.41) is 3.33. The Kier molecular flexibility index (Phi) is 21.6. The first-order chi connectivity index (χ1) is 10.7. The van der Waals surface area contributed by atoms with Crippen LogP contribution in [0.4, 0.5) is 0 Å². The molecule has 0 rings (SSSR count). The average Bonchev–Trinajstić information content (AvgIpc) is 2.50. The molecule has 0 saturated heterocycles. The Balaban J connectivity index is 0. The molecule has 132 valence electrons. The molecule has 0 amide bonds. The molecular formula is C17H37N3O2. The molecule has 0 aliphatic carbocycles. The van der Waals surface area contributed by atoms with Crippen molar-refractivity contribution < 1.29 is 9.59 Å². The molecule has 5 heteroatoms. The number of hydrogen-bond acceptors (Lipinski definition) is 5. The lowest BCUT2D eigenvalue weighted by Gasteiger charge is -2.25. The molecule has 0 aliphatic heterocycles. The number of carbonyl (C=O) groups is 2. The molecule has 0 unspecified atom stereocenters. The van der Waals surface area contributed by atoms with Gasteiger partial charge < -0.3 is 14.9 Å². The first-order valence-corrected chi connectivity index (χ1v) is 8.72. The predicted molar refractivity (Wildman–Crippen MR) is 94.4 cm³/mol. The van der Waals surface area contributed by atoms with Crippen LogP contribution in [0.1, 0.15) is 47.0 Å². The Bertz CT molecular complexity index is 238. The second-order valence-electron chi connectivity index (χ2n) is 5.39. The van der Waals surface area contributed by atoms with Gasteiger partial charge in [-0.25, -0.2) is 0 Å². The second-order valence-corrected chi connectivity index (χ2v) is 5.39. The fourth-order valence-corrected chi connectivity index (χ4v) is 1.94. The quantitative estimate of drug-likeness (QED) is 0.391. The Morgan fingerprint density at radius 1 is 0.727 bits per heavy atom. The van der Waals surface area contributed by atoms with E-state index in [-0.39, 0.29) is 0 Å². The third-order valence-electron chi connectivity index (χ3n) is 2.97. The largest absolute Gasteiger partial charge is 0.315 e. The Morgan fingerprint density at radius 3 is 1.64 bits per heavy atom. The molecule has 0 saturated carbocycles. The van der Waals surface area contributed by atoms with Crippen LogP contribution in [0.3, 0.4) is 0 Å². The van der Waals surface area contributed by atoms with Gasteiger partial charge in [-0.2, -0.15) is 0 Å². The molecule has 0 aromatic heterocycles. The highest BCUT2D eigenvalue weighted by molar-refractivity contribution is 5.52. The van der Waals surface area contributed by atoms with Crippen LogP contribution in [-0.2, 0) is 9.59 Å². The molecule has 0 fully saturated rings. The van der Waals surface area contributed by atoms with E-state index in [2.05, 4.69) is 42.8 Å². The summed E-state index contributed by atoms with van der Waals surface area (Å²) in [6.45, 7) is 14.8. The Morgan fingerprint density at radius 2 is 1.23 bits per heavy atom. The molecule has 0 aromatic rings. The maximum atomic E-state index is 10.7. The zero-order valence-electron chi connectivity index (χ0n) is 15.1. The van der Waals surface area contributed by atoms with Gasteiger partial charge in [-0.05, 0) is 25.9 Å². The van der Waals surface area contributed by atoms with Gasteiger partial charge in [-0.1, -0.05) is 34.1 Å². The number of nitrogens with one attached hydrogen (secondary N) is 1. The fourth-order valence-electron chi connectivity index (χ4n) is 1.94. The van der Waals surface area contributed by atoms with Gasteiger partial charge in [0.15, 0.2) is 0 Å². The van der Waals surface area contributed by atoms with E-state index in [1.165, 1.54) is 6.42 Å². The monoisotopic (exact) mass is 315 g/mol. The third-order valence-corrected chi connectivity index (χ3v) is 2.97. The summed E-state index contributed by atoms with van der Waals surface area (Å²) in [6.07, 6.45) is 5.31. The minimum absolute atomic E-state index is 0.467. The predicted octanol–water partition coefficient (Wildman–Crippen LogP) is 1.81. The molecule has 5 nitrogen and oxygen atoms in total. The van der Waals surface area contributed by atoms with Crippen LogP contribution in [0.15, 0.2) is 0 Å². The van der Waals surface area contributed by atoms with Crippen LogP contribution in [0.25, 0.3) is 0 Å². The SMILES string of the molecule is CCC.CCCNCCN(CC=O)CCN(CC=O)CCC. The van der Waals surface area contributed by atoms with E-state index in [0.717, 1.165) is 64.7 Å². The van der Waals surface area contributed by atoms with Crippen LogP contribution >= 0.6 is 0 Å². The molecular weight excluding hydrogens is 278 g/mol. The molecule has 0 aromatic carbocycles. The van der Waals surface area contributed by atoms with E-state index in [4.69, 9.17) is 0 Å². The average molecular weight is 316 g/mol. The minimum Gasteiger partial charge on any atom is -0.315 e. The maximum absolute atomic E-state index is 10.7. The van der Waals surface area contributed by atoms with Crippen molar-refractivity contribution in [3.8, 4) is 0 Å². The standard InChI is InChI=1S/C14H29N3O2.C3H8/c1-3-5-15-6-8-17(12-14-19)10-9-16(7-4-2)11-13-18;1-3-2/h13-15H,3-12H2,1-2H3;3H2,1-2H3. The van der Waals surface area contributed by atoms with Crippen molar-refractivity contribution in [1.82, 2.24) is 15.1 Å². The molecule has 0 spiro atoms. The molecule has 0 heterocycles. The summed E-state index contributed by atoms with van der Waals surface area (Å²) >= 11 is 0. The second kappa shape index (κ2) is 20.2. The Labute approximate surface area is 137 Å². The molecule has 0 aliphatic rings. The minimum atomic E-state index is 0.467. The smallest absolute Gasteiger partial charge is 0.133 e. The van der Waals surface area contributed by atoms with Crippen LogP contribution in [-0.4, -0.2) is 74.7 Å². The molecule has 1 N–H and O–H groups in total. The van der Waals surface area contributed by atoms with Gasteiger partial charge in [0.1, 0.15) is 12.6 Å². The first-order valence-electron chi connectivity index (χ1n) is 8.72. The lowest BCUT2D eigenvalue weighted by molar-refractivity contribution is -0.110. The molecule has 0 bridgehead atoms. The highest BCUT2D eigenvalue weighted by Gasteiger charge is 2.07. The lowest BCUT2D eigenvalue weighted by atomic mass is 10.3. The number of rotatable bonds is 14. The van der Waals surface area contributed by atoms with Crippen molar-refractivity contribution >= 4 is 12.6 Å². The zero-order chi connectivity index (χ0) is 17.1. The normalized spacial score (nSPS) is 10.5. The zero-order valence-corrected chi connectivity index (χ0v) is 15.1. The number of hydrogen-bond donors (Lipinski definition) is 1. The number of nitrogens with zero attached hydrogens (tertiary/aromatic N) is 2. The van der Waals surface area contributed by atoms with Gasteiger partial charge in [0.2, 0.25) is 0 Å². The van der Waals surface area contributed by atoms with Gasteiger partial charge in [-0.3, -0.25) is 9.80 Å². The first kappa shape index (κ1) is 23.5. The molecule has 0 atom stereocenters. The highest BCUT2D eigenvalue weighted by atomic mass is 16.1. The van der Waals surface area contributed by atoms with Gasteiger partial charge in [0.05, 0.1) is 13.1 Å². The van der Waals surface area contributed by atoms with Crippen molar-refractivity contribution in [2.75, 3.05) is 52.4 Å². The van der Waals surface area contributed by atoms with Gasteiger partial charge in [0, 0.05) is 26.2 Å². The van der Waals surface area contributed by atoms with Gasteiger partial charge in [0.25, 0.3) is 0 Å². The summed E-state index contributed by atoms with van der Waals surface area (Å²) in [5.74, 6) is 0. The summed E-state index contributed by atoms with van der Waals surface area (Å²) in [6, 6.07) is 0. The van der Waals surface area contributed by atoms with Gasteiger partial charge in [-0.15, -0.1) is 0 Å². The number of carbonyl (C=O) groups excluding carboxylic acids is 2. The van der Waals surface area contributed by atoms with E-state index < -0.39 is 0 Å². The molecule has 22 heavy (non-hydrogen) atoms. The van der Waals surface area contributed by atoms with Crippen LogP contribution in [0.5, 0.6) is 0 Å². The summed E-state index contributed by atoms with van der Waals surface area (Å²) in [7, 11) is 0. The maximum Gasteiger partial charge on any atom is 0.133 e. The van der Waals surface area contributed by atoms with Crippen LogP contribution < -0.4 is 5.32 Å². The third kappa shape index (κ3) is 17.3. The van der Waals surface area contributed by atoms with E-state index in [9.17, 15) is 9.59 Å². The van der Waals surface area contributed by atoms with E-state index in [0.29, 0.717) is 13.1 Å². The van der Waals surface area contributed by atoms with E-state index >= 15 is 0 Å². The van der Waals surface area contributed by atoms with Crippen molar-refractivity contribution in [3.63, 3.8) is 0 Å². The Hall–Kier alpha value is -0.780. The molecule has 0 radical (unpaired) electrons. The highest BCUT2D eigenvalue weighted by Crippen LogP contribution is 1.93. The van der Waals surface area contributed by atoms with E-state index in [1.807, 2.05) is 0 Å². The fraction of sp³-hybridized carbons (Fsp3) is 0.882. The van der Waals surface area contributed by atoms with Gasteiger partial charge >= 0.3 is 0 Å². The van der Waals surface area contributed by atoms with Crippen LogP contribution in [0, 0.1) is 0 Å². The number of aldehydes is 2.